The summed E-state index contributed by atoms with van der Waals surface area (Å²) >= 11 is 5.78. The first-order chi connectivity index (χ1) is 7.15. The molecule has 0 N–H and O–H groups in total. The Morgan fingerprint density at radius 2 is 2.27 bits per heavy atom. The van der Waals surface area contributed by atoms with Gasteiger partial charge in [-0.1, -0.05) is 11.6 Å². The molecule has 0 aliphatic heterocycles. The molecule has 0 radical (unpaired) electrons. The lowest BCUT2D eigenvalue weighted by Crippen LogP contribution is -2.05. The van der Waals surface area contributed by atoms with Gasteiger partial charge in [-0.2, -0.15) is 0 Å². The third-order valence-corrected chi connectivity index (χ3v) is 2.24. The van der Waals surface area contributed by atoms with Crippen molar-refractivity contribution >= 4 is 17.4 Å². The highest BCUT2D eigenvalue weighted by Crippen LogP contribution is 2.18. The Balaban J connectivity index is 2.68. The molecule has 0 amide bonds. The molecule has 15 heavy (non-hydrogen) atoms. The van der Waals surface area contributed by atoms with Gasteiger partial charge in [0.15, 0.2) is 5.78 Å². The van der Waals surface area contributed by atoms with Crippen molar-refractivity contribution in [3.8, 4) is 0 Å². The van der Waals surface area contributed by atoms with E-state index in [-0.39, 0.29) is 22.8 Å². The zero-order valence-corrected chi connectivity index (χ0v) is 9.18. The average molecular weight is 231 g/mol. The number of ether oxygens (including phenoxy) is 1. The van der Waals surface area contributed by atoms with E-state index in [0.29, 0.717) is 13.2 Å². The Bertz CT molecular complexity index is 352. The SMILES string of the molecule is CCOCCC(=O)c1cc(F)ccc1Cl. The second-order valence-electron chi connectivity index (χ2n) is 2.99. The summed E-state index contributed by atoms with van der Waals surface area (Å²) in [5, 5.41) is 0.276. The van der Waals surface area contributed by atoms with Gasteiger partial charge in [-0.15, -0.1) is 0 Å². The summed E-state index contributed by atoms with van der Waals surface area (Å²) in [5.74, 6) is -0.660. The molecule has 0 atom stereocenters. The van der Waals surface area contributed by atoms with Gasteiger partial charge in [-0.05, 0) is 25.1 Å². The molecule has 0 heterocycles. The number of rotatable bonds is 5. The molecule has 0 saturated heterocycles. The zero-order valence-electron chi connectivity index (χ0n) is 8.43. The molecule has 1 aromatic rings. The number of hydrogen-bond acceptors (Lipinski definition) is 2. The molecule has 82 valence electrons. The lowest BCUT2D eigenvalue weighted by Gasteiger charge is -2.03. The maximum Gasteiger partial charge on any atom is 0.166 e. The standard InChI is InChI=1S/C11H12ClFO2/c1-2-15-6-5-11(14)9-7-8(13)3-4-10(9)12/h3-4,7H,2,5-6H2,1H3. The highest BCUT2D eigenvalue weighted by Gasteiger charge is 2.10. The Hall–Kier alpha value is -0.930. The molecule has 2 nitrogen and oxygen atoms in total. The molecule has 0 saturated carbocycles. The Labute approximate surface area is 93.0 Å². The molecule has 0 aromatic heterocycles. The first kappa shape index (κ1) is 12.1. The third-order valence-electron chi connectivity index (χ3n) is 1.91. The van der Waals surface area contributed by atoms with Gasteiger partial charge in [0.2, 0.25) is 0 Å². The Morgan fingerprint density at radius 3 is 2.93 bits per heavy atom. The van der Waals surface area contributed by atoms with E-state index in [1.54, 1.807) is 0 Å². The quantitative estimate of drug-likeness (QED) is 0.574. The molecule has 1 aromatic carbocycles. The second-order valence-corrected chi connectivity index (χ2v) is 3.40. The van der Waals surface area contributed by atoms with E-state index >= 15 is 0 Å². The first-order valence-corrected chi connectivity index (χ1v) is 5.09. The Kier molecular flexibility index (Phi) is 4.72. The van der Waals surface area contributed by atoms with Crippen LogP contribution in [0.5, 0.6) is 0 Å². The number of ketones is 1. The van der Waals surface area contributed by atoms with E-state index in [4.69, 9.17) is 16.3 Å². The highest BCUT2D eigenvalue weighted by atomic mass is 35.5. The summed E-state index contributed by atoms with van der Waals surface area (Å²) in [6.45, 7) is 2.74. The minimum atomic E-state index is -0.459. The van der Waals surface area contributed by atoms with E-state index < -0.39 is 5.82 Å². The number of carbonyl (C=O) groups is 1. The fourth-order valence-electron chi connectivity index (χ4n) is 1.16. The molecule has 4 heteroatoms. The lowest BCUT2D eigenvalue weighted by molar-refractivity contribution is 0.0895. The van der Waals surface area contributed by atoms with Crippen LogP contribution >= 0.6 is 11.6 Å². The predicted molar refractivity (Wildman–Crippen MR) is 56.9 cm³/mol. The smallest absolute Gasteiger partial charge is 0.166 e. The van der Waals surface area contributed by atoms with Gasteiger partial charge in [0.05, 0.1) is 11.6 Å². The number of benzene rings is 1. The van der Waals surface area contributed by atoms with Gasteiger partial charge in [0.1, 0.15) is 5.82 Å². The zero-order chi connectivity index (χ0) is 11.3. The van der Waals surface area contributed by atoms with Crippen LogP contribution in [0.25, 0.3) is 0 Å². The van der Waals surface area contributed by atoms with Crippen LogP contribution in [0.15, 0.2) is 18.2 Å². The van der Waals surface area contributed by atoms with Crippen molar-refractivity contribution in [1.29, 1.82) is 0 Å². The largest absolute Gasteiger partial charge is 0.381 e. The normalized spacial score (nSPS) is 10.3. The fraction of sp³-hybridized carbons (Fsp3) is 0.364. The molecule has 0 unspecified atom stereocenters. The summed E-state index contributed by atoms with van der Waals surface area (Å²) in [6, 6.07) is 3.75. The van der Waals surface area contributed by atoms with Gasteiger partial charge in [-0.3, -0.25) is 4.79 Å². The average Bonchev–Trinajstić information content (AvgIpc) is 2.22. The van der Waals surface area contributed by atoms with Gasteiger partial charge in [-0.25, -0.2) is 4.39 Å². The molecule has 0 spiro atoms. The van der Waals surface area contributed by atoms with Crippen LogP contribution in [0.2, 0.25) is 5.02 Å². The molecule has 0 bridgehead atoms. The van der Waals surface area contributed by atoms with E-state index in [2.05, 4.69) is 0 Å². The molecular formula is C11H12ClFO2. The highest BCUT2D eigenvalue weighted by molar-refractivity contribution is 6.33. The van der Waals surface area contributed by atoms with E-state index in [1.165, 1.54) is 12.1 Å². The minimum Gasteiger partial charge on any atom is -0.381 e. The fourth-order valence-corrected chi connectivity index (χ4v) is 1.38. The summed E-state index contributed by atoms with van der Waals surface area (Å²) < 4.78 is 17.9. The second kappa shape index (κ2) is 5.83. The van der Waals surface area contributed by atoms with Crippen molar-refractivity contribution in [3.05, 3.63) is 34.6 Å². The van der Waals surface area contributed by atoms with Gasteiger partial charge >= 0.3 is 0 Å². The molecule has 0 aliphatic carbocycles. The van der Waals surface area contributed by atoms with Gasteiger partial charge in [0, 0.05) is 18.6 Å². The van der Waals surface area contributed by atoms with Gasteiger partial charge < -0.3 is 4.74 Å². The van der Waals surface area contributed by atoms with Crippen LogP contribution in [0.4, 0.5) is 4.39 Å². The predicted octanol–water partition coefficient (Wildman–Crippen LogP) is 3.09. The van der Waals surface area contributed by atoms with Crippen molar-refractivity contribution in [2.75, 3.05) is 13.2 Å². The molecule has 0 fully saturated rings. The van der Waals surface area contributed by atoms with Crippen LogP contribution in [0.1, 0.15) is 23.7 Å². The van der Waals surface area contributed by atoms with Crippen LogP contribution in [-0.2, 0) is 4.74 Å². The number of halogens is 2. The summed E-state index contributed by atoms with van der Waals surface area (Å²) in [6.07, 6.45) is 0.219. The van der Waals surface area contributed by atoms with Crippen molar-refractivity contribution in [3.63, 3.8) is 0 Å². The minimum absolute atomic E-state index is 0.201. The lowest BCUT2D eigenvalue weighted by atomic mass is 10.1. The first-order valence-electron chi connectivity index (χ1n) is 4.71. The maximum atomic E-state index is 12.9. The van der Waals surface area contributed by atoms with Gasteiger partial charge in [0.25, 0.3) is 0 Å². The summed E-state index contributed by atoms with van der Waals surface area (Å²) in [7, 11) is 0. The molecule has 1 rings (SSSR count). The number of Topliss-reactive ketones (excluding diaryl/α,β-unsaturated/α-hetero) is 1. The summed E-state index contributed by atoms with van der Waals surface area (Å²) in [5.41, 5.74) is 0.219. The van der Waals surface area contributed by atoms with Crippen LogP contribution < -0.4 is 0 Å². The van der Waals surface area contributed by atoms with Crippen molar-refractivity contribution in [2.45, 2.75) is 13.3 Å². The topological polar surface area (TPSA) is 26.3 Å². The van der Waals surface area contributed by atoms with E-state index in [9.17, 15) is 9.18 Å². The third kappa shape index (κ3) is 3.61. The van der Waals surface area contributed by atoms with E-state index in [1.807, 2.05) is 6.92 Å². The molecule has 0 aliphatic rings. The van der Waals surface area contributed by atoms with Crippen molar-refractivity contribution in [2.24, 2.45) is 0 Å². The van der Waals surface area contributed by atoms with E-state index in [0.717, 1.165) is 6.07 Å². The number of hydrogen-bond donors (Lipinski definition) is 0. The van der Waals surface area contributed by atoms with Crippen LogP contribution in [0, 0.1) is 5.82 Å². The van der Waals surface area contributed by atoms with Crippen LogP contribution in [0.3, 0.4) is 0 Å². The summed E-state index contributed by atoms with van der Waals surface area (Å²) in [4.78, 5) is 11.6. The van der Waals surface area contributed by atoms with Crippen LogP contribution in [-0.4, -0.2) is 19.0 Å². The van der Waals surface area contributed by atoms with Crippen molar-refractivity contribution in [1.82, 2.24) is 0 Å². The molecular weight excluding hydrogens is 219 g/mol. The Morgan fingerprint density at radius 1 is 1.53 bits per heavy atom. The number of carbonyl (C=O) groups excluding carboxylic acids is 1. The maximum absolute atomic E-state index is 12.9. The van der Waals surface area contributed by atoms with Crippen molar-refractivity contribution < 1.29 is 13.9 Å². The monoisotopic (exact) mass is 230 g/mol.